The van der Waals surface area contributed by atoms with Crippen LogP contribution < -0.4 is 14.8 Å². The maximum absolute atomic E-state index is 11.8. The van der Waals surface area contributed by atoms with Crippen molar-refractivity contribution in [2.24, 2.45) is 0 Å². The van der Waals surface area contributed by atoms with Gasteiger partial charge in [-0.3, -0.25) is 9.78 Å². The number of aromatic nitrogens is 2. The van der Waals surface area contributed by atoms with Crippen LogP contribution in [0.1, 0.15) is 26.6 Å². The smallest absolute Gasteiger partial charge is 0.269 e. The van der Waals surface area contributed by atoms with E-state index in [1.165, 1.54) is 0 Å². The van der Waals surface area contributed by atoms with E-state index < -0.39 is 0 Å². The first-order valence-electron chi connectivity index (χ1n) is 11.2. The van der Waals surface area contributed by atoms with E-state index >= 15 is 0 Å². The molecule has 0 spiro atoms. The van der Waals surface area contributed by atoms with Crippen LogP contribution in [0.15, 0.2) is 91.1 Å². The number of ether oxygens (including phenoxy) is 2. The van der Waals surface area contributed by atoms with E-state index in [1.807, 2.05) is 54.6 Å². The molecule has 6 nitrogen and oxygen atoms in total. The third-order valence-electron chi connectivity index (χ3n) is 5.38. The van der Waals surface area contributed by atoms with Gasteiger partial charge in [0, 0.05) is 37.4 Å². The summed E-state index contributed by atoms with van der Waals surface area (Å²) in [5.74, 6) is 1.83. The first-order valence-corrected chi connectivity index (χ1v) is 12.0. The van der Waals surface area contributed by atoms with Crippen molar-refractivity contribution >= 4 is 27.5 Å². The molecule has 0 radical (unpaired) electrons. The molecule has 2 aromatic heterocycles. The maximum atomic E-state index is 11.8. The third-order valence-corrected chi connectivity index (χ3v) is 6.40. The standard InChI is InChI=1S/C28H23N3O3S/c1-29-28(32)24-16-22(13-14-30-24)34-21-11-12-23-26(17-21)35-27(31-23)15-20-9-5-6-10-25(20)33-18-19-7-3-2-4-8-19/h2-14,16-17H,15,18H2,1H3,(H,29,32). The van der Waals surface area contributed by atoms with Gasteiger partial charge in [-0.1, -0.05) is 48.5 Å². The number of carbonyl (C=O) groups is 1. The van der Waals surface area contributed by atoms with Gasteiger partial charge >= 0.3 is 0 Å². The lowest BCUT2D eigenvalue weighted by Gasteiger charge is -2.10. The summed E-state index contributed by atoms with van der Waals surface area (Å²) in [6, 6.07) is 27.4. The van der Waals surface area contributed by atoms with Crippen molar-refractivity contribution in [3.05, 3.63) is 113 Å². The topological polar surface area (TPSA) is 73.3 Å². The summed E-state index contributed by atoms with van der Waals surface area (Å²) in [5, 5.41) is 3.57. The van der Waals surface area contributed by atoms with Crippen molar-refractivity contribution in [3.63, 3.8) is 0 Å². The number of amides is 1. The van der Waals surface area contributed by atoms with E-state index in [2.05, 4.69) is 28.5 Å². The minimum atomic E-state index is -0.258. The van der Waals surface area contributed by atoms with Gasteiger partial charge in [0.15, 0.2) is 0 Å². The van der Waals surface area contributed by atoms with E-state index in [9.17, 15) is 4.79 Å². The molecule has 0 aliphatic heterocycles. The SMILES string of the molecule is CNC(=O)c1cc(Oc2ccc3nc(Cc4ccccc4OCc4ccccc4)sc3c2)ccn1. The summed E-state index contributed by atoms with van der Waals surface area (Å²) in [5.41, 5.74) is 3.45. The van der Waals surface area contributed by atoms with E-state index in [0.29, 0.717) is 30.2 Å². The van der Waals surface area contributed by atoms with Gasteiger partial charge in [-0.25, -0.2) is 4.98 Å². The zero-order chi connectivity index (χ0) is 24.0. The molecule has 5 rings (SSSR count). The normalized spacial score (nSPS) is 10.8. The molecule has 174 valence electrons. The largest absolute Gasteiger partial charge is 0.489 e. The summed E-state index contributed by atoms with van der Waals surface area (Å²) in [6.45, 7) is 0.523. The average molecular weight is 482 g/mol. The van der Waals surface area contributed by atoms with Gasteiger partial charge in [-0.15, -0.1) is 11.3 Å². The van der Waals surface area contributed by atoms with Gasteiger partial charge < -0.3 is 14.8 Å². The zero-order valence-electron chi connectivity index (χ0n) is 19.1. The highest BCUT2D eigenvalue weighted by molar-refractivity contribution is 7.18. The summed E-state index contributed by atoms with van der Waals surface area (Å²) < 4.78 is 13.1. The van der Waals surface area contributed by atoms with Gasteiger partial charge in [0.2, 0.25) is 0 Å². The minimum absolute atomic E-state index is 0.258. The second-order valence-electron chi connectivity index (χ2n) is 7.85. The van der Waals surface area contributed by atoms with Gasteiger partial charge in [0.1, 0.15) is 29.5 Å². The summed E-state index contributed by atoms with van der Waals surface area (Å²) in [6.07, 6.45) is 2.24. The fraction of sp³-hybridized carbons (Fsp3) is 0.107. The number of para-hydroxylation sites is 1. The molecule has 0 fully saturated rings. The predicted octanol–water partition coefficient (Wildman–Crippen LogP) is 6.01. The lowest BCUT2D eigenvalue weighted by Crippen LogP contribution is -2.18. The fourth-order valence-electron chi connectivity index (χ4n) is 3.64. The molecule has 0 aliphatic rings. The van der Waals surface area contributed by atoms with Crippen LogP contribution in [0.2, 0.25) is 0 Å². The number of hydrogen-bond acceptors (Lipinski definition) is 6. The number of nitrogens with one attached hydrogen (secondary N) is 1. The minimum Gasteiger partial charge on any atom is -0.489 e. The number of fused-ring (bicyclic) bond motifs is 1. The highest BCUT2D eigenvalue weighted by Crippen LogP contribution is 2.31. The maximum Gasteiger partial charge on any atom is 0.269 e. The van der Waals surface area contributed by atoms with E-state index in [4.69, 9.17) is 14.5 Å². The van der Waals surface area contributed by atoms with Crippen molar-refractivity contribution in [2.45, 2.75) is 13.0 Å². The van der Waals surface area contributed by atoms with Crippen LogP contribution in [0.3, 0.4) is 0 Å². The van der Waals surface area contributed by atoms with Crippen molar-refractivity contribution < 1.29 is 14.3 Å². The van der Waals surface area contributed by atoms with Gasteiger partial charge in [-0.2, -0.15) is 0 Å². The molecule has 0 bridgehead atoms. The molecule has 0 saturated heterocycles. The molecule has 2 heterocycles. The second-order valence-corrected chi connectivity index (χ2v) is 8.97. The van der Waals surface area contributed by atoms with Crippen LogP contribution in [0, 0.1) is 0 Å². The molecule has 5 aromatic rings. The van der Waals surface area contributed by atoms with Crippen molar-refractivity contribution in [1.82, 2.24) is 15.3 Å². The number of benzene rings is 3. The van der Waals surface area contributed by atoms with Crippen LogP contribution in [0.25, 0.3) is 10.2 Å². The predicted molar refractivity (Wildman–Crippen MR) is 137 cm³/mol. The molecule has 0 unspecified atom stereocenters. The molecule has 3 aromatic carbocycles. The monoisotopic (exact) mass is 481 g/mol. The summed E-state index contributed by atoms with van der Waals surface area (Å²) >= 11 is 1.63. The van der Waals surface area contributed by atoms with Crippen LogP contribution in [0.5, 0.6) is 17.2 Å². The van der Waals surface area contributed by atoms with E-state index in [1.54, 1.807) is 36.7 Å². The molecular weight excluding hydrogens is 458 g/mol. The number of rotatable bonds is 8. The molecule has 0 atom stereocenters. The molecule has 7 heteroatoms. The van der Waals surface area contributed by atoms with Crippen molar-refractivity contribution in [3.8, 4) is 17.2 Å². The van der Waals surface area contributed by atoms with Gasteiger partial charge in [0.05, 0.1) is 15.2 Å². The summed E-state index contributed by atoms with van der Waals surface area (Å²) in [4.78, 5) is 20.7. The van der Waals surface area contributed by atoms with Gasteiger partial charge in [0.25, 0.3) is 5.91 Å². The lowest BCUT2D eigenvalue weighted by atomic mass is 10.1. The zero-order valence-corrected chi connectivity index (χ0v) is 19.9. The number of hydrogen-bond donors (Lipinski definition) is 1. The number of thiazole rings is 1. The van der Waals surface area contributed by atoms with Crippen molar-refractivity contribution in [1.29, 1.82) is 0 Å². The fourth-order valence-corrected chi connectivity index (χ4v) is 4.66. The highest BCUT2D eigenvalue weighted by Gasteiger charge is 2.11. The number of pyridine rings is 1. The second kappa shape index (κ2) is 10.4. The lowest BCUT2D eigenvalue weighted by molar-refractivity contribution is 0.0958. The molecular formula is C28H23N3O3S. The molecule has 0 saturated carbocycles. The number of nitrogens with zero attached hydrogens (tertiary/aromatic N) is 2. The van der Waals surface area contributed by atoms with Crippen LogP contribution in [-0.2, 0) is 13.0 Å². The average Bonchev–Trinajstić information content (AvgIpc) is 3.30. The quantitative estimate of drug-likeness (QED) is 0.294. The Labute approximate surface area is 207 Å². The van der Waals surface area contributed by atoms with Gasteiger partial charge in [-0.05, 0) is 29.8 Å². The first kappa shape index (κ1) is 22.6. The Kier molecular flexibility index (Phi) is 6.68. The molecule has 0 aliphatic carbocycles. The molecule has 35 heavy (non-hydrogen) atoms. The Morgan fingerprint density at radius 3 is 2.60 bits per heavy atom. The highest BCUT2D eigenvalue weighted by atomic mass is 32.1. The Bertz CT molecular complexity index is 1470. The Morgan fingerprint density at radius 2 is 1.74 bits per heavy atom. The summed E-state index contributed by atoms with van der Waals surface area (Å²) in [7, 11) is 1.57. The third kappa shape index (κ3) is 5.47. The number of carbonyl (C=O) groups excluding carboxylic acids is 1. The molecule has 1 amide bonds. The van der Waals surface area contributed by atoms with Crippen LogP contribution in [-0.4, -0.2) is 22.9 Å². The van der Waals surface area contributed by atoms with Crippen LogP contribution >= 0.6 is 11.3 Å². The first-order chi connectivity index (χ1) is 17.2. The van der Waals surface area contributed by atoms with E-state index in [0.717, 1.165) is 32.1 Å². The van der Waals surface area contributed by atoms with Crippen LogP contribution in [0.4, 0.5) is 0 Å². The van der Waals surface area contributed by atoms with E-state index in [-0.39, 0.29) is 5.91 Å². The Hall–Kier alpha value is -4.23. The van der Waals surface area contributed by atoms with Crippen molar-refractivity contribution in [2.75, 3.05) is 7.05 Å². The molecule has 1 N–H and O–H groups in total. The Morgan fingerprint density at radius 1 is 0.943 bits per heavy atom. The Balaban J connectivity index is 1.32.